The fourth-order valence-electron chi connectivity index (χ4n) is 2.00. The molecule has 4 nitrogen and oxygen atoms in total. The summed E-state index contributed by atoms with van der Waals surface area (Å²) < 4.78 is 0. The number of hydrogen-bond donors (Lipinski definition) is 2. The van der Waals surface area contributed by atoms with E-state index in [0.29, 0.717) is 0 Å². The van der Waals surface area contributed by atoms with Crippen LogP contribution in [-0.2, 0) is 4.79 Å². The first-order valence-electron chi connectivity index (χ1n) is 6.33. The molecule has 0 bridgehead atoms. The highest BCUT2D eigenvalue weighted by Crippen LogP contribution is 2.26. The fourth-order valence-corrected chi connectivity index (χ4v) is 2.00. The zero-order valence-corrected chi connectivity index (χ0v) is 11.4. The van der Waals surface area contributed by atoms with Crippen molar-refractivity contribution in [2.75, 3.05) is 0 Å². The molecule has 0 spiro atoms. The van der Waals surface area contributed by atoms with Crippen molar-refractivity contribution in [3.63, 3.8) is 0 Å². The number of aliphatic carboxylic acids is 1. The van der Waals surface area contributed by atoms with Crippen LogP contribution < -0.4 is 0 Å². The van der Waals surface area contributed by atoms with Gasteiger partial charge >= 0.3 is 11.9 Å². The van der Waals surface area contributed by atoms with Crippen LogP contribution in [0.3, 0.4) is 0 Å². The molecule has 2 N–H and O–H groups in total. The predicted octanol–water partition coefficient (Wildman–Crippen LogP) is 3.54. The normalized spacial score (nSPS) is 11.2. The topological polar surface area (TPSA) is 74.6 Å². The molecule has 0 radical (unpaired) electrons. The monoisotopic (exact) mass is 282 g/mol. The maximum absolute atomic E-state index is 11.0. The summed E-state index contributed by atoms with van der Waals surface area (Å²) in [6, 6.07) is 13.8. The molecular formula is C17H14O4. The van der Waals surface area contributed by atoms with Crippen LogP contribution in [0.2, 0.25) is 0 Å². The number of hydrogen-bond acceptors (Lipinski definition) is 2. The van der Waals surface area contributed by atoms with E-state index in [0.717, 1.165) is 16.7 Å². The molecule has 2 aromatic carbocycles. The number of carbonyl (C=O) groups is 2. The van der Waals surface area contributed by atoms with E-state index in [1.165, 1.54) is 13.0 Å². The van der Waals surface area contributed by atoms with Gasteiger partial charge in [0.2, 0.25) is 0 Å². The van der Waals surface area contributed by atoms with Gasteiger partial charge < -0.3 is 10.2 Å². The van der Waals surface area contributed by atoms with Gasteiger partial charge in [0.1, 0.15) is 0 Å². The molecule has 0 aliphatic heterocycles. The fraction of sp³-hybridized carbons (Fsp3) is 0.0588. The standard InChI is InChI=1S/C17H14O4/c1-11(16(18)19)9-12-5-2-3-8-15(12)13-6-4-7-14(10-13)17(20)21/h2-10H,1H3,(H,18,19)(H,20,21)/b11-9+. The Morgan fingerprint density at radius 2 is 1.71 bits per heavy atom. The van der Waals surface area contributed by atoms with Crippen molar-refractivity contribution in [1.29, 1.82) is 0 Å². The van der Waals surface area contributed by atoms with E-state index in [1.54, 1.807) is 30.3 Å². The molecule has 0 unspecified atom stereocenters. The minimum absolute atomic E-state index is 0.196. The molecule has 2 aromatic rings. The Hall–Kier alpha value is -2.88. The molecule has 0 aliphatic rings. The predicted molar refractivity (Wildman–Crippen MR) is 80.1 cm³/mol. The van der Waals surface area contributed by atoms with E-state index < -0.39 is 11.9 Å². The maximum atomic E-state index is 11.0. The molecule has 4 heteroatoms. The molecule has 0 saturated carbocycles. The van der Waals surface area contributed by atoms with Crippen molar-refractivity contribution in [2.45, 2.75) is 6.92 Å². The quantitative estimate of drug-likeness (QED) is 0.841. The lowest BCUT2D eigenvalue weighted by molar-refractivity contribution is -0.132. The lowest BCUT2D eigenvalue weighted by atomic mass is 9.97. The van der Waals surface area contributed by atoms with Gasteiger partial charge in [0.15, 0.2) is 0 Å². The number of benzene rings is 2. The Labute approximate surface area is 122 Å². The first-order valence-corrected chi connectivity index (χ1v) is 6.33. The molecule has 0 aromatic heterocycles. The number of aromatic carboxylic acids is 1. The molecule has 106 valence electrons. The van der Waals surface area contributed by atoms with Gasteiger partial charge in [-0.05, 0) is 41.8 Å². The molecule has 0 aliphatic carbocycles. The third-order valence-corrected chi connectivity index (χ3v) is 3.09. The van der Waals surface area contributed by atoms with Crippen LogP contribution in [-0.4, -0.2) is 22.2 Å². The Morgan fingerprint density at radius 3 is 2.38 bits per heavy atom. The molecular weight excluding hydrogens is 268 g/mol. The lowest BCUT2D eigenvalue weighted by Gasteiger charge is -2.08. The molecule has 0 amide bonds. The van der Waals surface area contributed by atoms with Crippen molar-refractivity contribution in [3.05, 3.63) is 65.2 Å². The van der Waals surface area contributed by atoms with Gasteiger partial charge in [0.25, 0.3) is 0 Å². The number of carboxylic acids is 2. The van der Waals surface area contributed by atoms with Crippen molar-refractivity contribution in [1.82, 2.24) is 0 Å². The van der Waals surface area contributed by atoms with Crippen molar-refractivity contribution < 1.29 is 19.8 Å². The van der Waals surface area contributed by atoms with Crippen LogP contribution in [0.15, 0.2) is 54.1 Å². The van der Waals surface area contributed by atoms with Crippen LogP contribution in [0.5, 0.6) is 0 Å². The van der Waals surface area contributed by atoms with Gasteiger partial charge in [0, 0.05) is 5.57 Å². The smallest absolute Gasteiger partial charge is 0.335 e. The maximum Gasteiger partial charge on any atom is 0.335 e. The number of carboxylic acid groups (broad SMARTS) is 2. The van der Waals surface area contributed by atoms with E-state index >= 15 is 0 Å². The Bertz CT molecular complexity index is 729. The van der Waals surface area contributed by atoms with Crippen LogP contribution >= 0.6 is 0 Å². The van der Waals surface area contributed by atoms with Gasteiger partial charge in [-0.15, -0.1) is 0 Å². The van der Waals surface area contributed by atoms with Crippen LogP contribution in [0, 0.1) is 0 Å². The molecule has 2 rings (SSSR count). The summed E-state index contributed by atoms with van der Waals surface area (Å²) in [7, 11) is 0. The summed E-state index contributed by atoms with van der Waals surface area (Å²) in [5, 5.41) is 18.0. The zero-order chi connectivity index (χ0) is 15.4. The van der Waals surface area contributed by atoms with Gasteiger partial charge in [-0.1, -0.05) is 36.4 Å². The van der Waals surface area contributed by atoms with E-state index in [2.05, 4.69) is 0 Å². The van der Waals surface area contributed by atoms with E-state index in [-0.39, 0.29) is 11.1 Å². The summed E-state index contributed by atoms with van der Waals surface area (Å²) >= 11 is 0. The lowest BCUT2D eigenvalue weighted by Crippen LogP contribution is -1.97. The van der Waals surface area contributed by atoms with Gasteiger partial charge in [-0.2, -0.15) is 0 Å². The van der Waals surface area contributed by atoms with Crippen LogP contribution in [0.1, 0.15) is 22.8 Å². The molecule has 0 saturated heterocycles. The third kappa shape index (κ3) is 3.36. The SMILES string of the molecule is C/C(=C\c1ccccc1-c1cccc(C(=O)O)c1)C(=O)O. The second kappa shape index (κ2) is 6.05. The second-order valence-electron chi connectivity index (χ2n) is 4.61. The highest BCUT2D eigenvalue weighted by atomic mass is 16.4. The van der Waals surface area contributed by atoms with Crippen LogP contribution in [0.4, 0.5) is 0 Å². The van der Waals surface area contributed by atoms with Gasteiger partial charge in [0.05, 0.1) is 5.56 Å². The highest BCUT2D eigenvalue weighted by Gasteiger charge is 2.08. The summed E-state index contributed by atoms with van der Waals surface area (Å²) in [5.41, 5.74) is 2.68. The van der Waals surface area contributed by atoms with E-state index in [1.807, 2.05) is 18.2 Å². The minimum atomic E-state index is -0.994. The summed E-state index contributed by atoms with van der Waals surface area (Å²) in [6.07, 6.45) is 1.57. The molecule has 0 heterocycles. The first kappa shape index (κ1) is 14.5. The van der Waals surface area contributed by atoms with E-state index in [9.17, 15) is 9.59 Å². The Kier molecular flexibility index (Phi) is 4.18. The minimum Gasteiger partial charge on any atom is -0.478 e. The van der Waals surface area contributed by atoms with E-state index in [4.69, 9.17) is 10.2 Å². The summed E-state index contributed by atoms with van der Waals surface area (Å²) in [4.78, 5) is 22.0. The number of rotatable bonds is 4. The highest BCUT2D eigenvalue weighted by molar-refractivity contribution is 5.94. The Morgan fingerprint density at radius 1 is 1.00 bits per heavy atom. The third-order valence-electron chi connectivity index (χ3n) is 3.09. The molecule has 21 heavy (non-hydrogen) atoms. The molecule has 0 atom stereocenters. The van der Waals surface area contributed by atoms with Crippen molar-refractivity contribution in [2.24, 2.45) is 0 Å². The average molecular weight is 282 g/mol. The molecule has 0 fully saturated rings. The second-order valence-corrected chi connectivity index (χ2v) is 4.61. The summed E-state index contributed by atoms with van der Waals surface area (Å²) in [5.74, 6) is -1.98. The van der Waals surface area contributed by atoms with Gasteiger partial charge in [-0.25, -0.2) is 9.59 Å². The Balaban J connectivity index is 2.55. The van der Waals surface area contributed by atoms with Crippen molar-refractivity contribution >= 4 is 18.0 Å². The first-order chi connectivity index (χ1) is 9.99. The van der Waals surface area contributed by atoms with Gasteiger partial charge in [-0.3, -0.25) is 0 Å². The van der Waals surface area contributed by atoms with Crippen LogP contribution in [0.25, 0.3) is 17.2 Å². The van der Waals surface area contributed by atoms with Crippen molar-refractivity contribution in [3.8, 4) is 11.1 Å². The average Bonchev–Trinajstić information content (AvgIpc) is 2.47. The largest absolute Gasteiger partial charge is 0.478 e. The summed E-state index contributed by atoms with van der Waals surface area (Å²) in [6.45, 7) is 1.52. The zero-order valence-electron chi connectivity index (χ0n) is 11.4.